The Kier molecular flexibility index (Phi) is 7.21. The van der Waals surface area contributed by atoms with E-state index in [1.807, 2.05) is 6.92 Å². The molecule has 1 amide bonds. The lowest BCUT2D eigenvalue weighted by Crippen LogP contribution is -2.30. The first-order valence-corrected chi connectivity index (χ1v) is 6.94. The van der Waals surface area contributed by atoms with Gasteiger partial charge in [0, 0.05) is 12.0 Å². The van der Waals surface area contributed by atoms with Gasteiger partial charge < -0.3 is 15.2 Å². The average Bonchev–Trinajstić information content (AvgIpc) is 2.44. The van der Waals surface area contributed by atoms with Crippen molar-refractivity contribution in [2.75, 3.05) is 6.61 Å². The van der Waals surface area contributed by atoms with Crippen LogP contribution in [0.2, 0.25) is 0 Å². The molecule has 0 aliphatic heterocycles. The summed E-state index contributed by atoms with van der Waals surface area (Å²) in [6.07, 6.45) is 0.894. The standard InChI is InChI=1S/C15H20FNO4/c1-2-3-10-21-15(20)17-13(8-9-14(18)19)11-6-4-5-7-12(11)16/h4-7,13H,2-3,8-10H2,1H3,(H,17,20)(H,18,19). The minimum Gasteiger partial charge on any atom is -0.481 e. The fraction of sp³-hybridized carbons (Fsp3) is 0.467. The van der Waals surface area contributed by atoms with E-state index in [1.54, 1.807) is 6.07 Å². The van der Waals surface area contributed by atoms with Crippen LogP contribution in [-0.4, -0.2) is 23.8 Å². The molecule has 0 saturated carbocycles. The molecule has 0 bridgehead atoms. The van der Waals surface area contributed by atoms with E-state index in [1.165, 1.54) is 18.2 Å². The van der Waals surface area contributed by atoms with E-state index >= 15 is 0 Å². The van der Waals surface area contributed by atoms with Crippen molar-refractivity contribution in [1.82, 2.24) is 5.32 Å². The summed E-state index contributed by atoms with van der Waals surface area (Å²) in [4.78, 5) is 22.3. The average molecular weight is 297 g/mol. The monoisotopic (exact) mass is 297 g/mol. The molecule has 0 fully saturated rings. The van der Waals surface area contributed by atoms with E-state index in [4.69, 9.17) is 9.84 Å². The maximum absolute atomic E-state index is 13.8. The number of halogens is 1. The Morgan fingerprint density at radius 2 is 2.10 bits per heavy atom. The Labute approximate surface area is 123 Å². The number of aliphatic carboxylic acids is 1. The van der Waals surface area contributed by atoms with Gasteiger partial charge in [0.15, 0.2) is 0 Å². The number of unbranched alkanes of at least 4 members (excludes halogenated alkanes) is 1. The number of hydrogen-bond donors (Lipinski definition) is 2. The molecule has 0 aliphatic rings. The lowest BCUT2D eigenvalue weighted by Gasteiger charge is -2.19. The third-order valence-electron chi connectivity index (χ3n) is 2.95. The molecule has 1 aromatic rings. The van der Waals surface area contributed by atoms with Crippen LogP contribution in [0.5, 0.6) is 0 Å². The van der Waals surface area contributed by atoms with Gasteiger partial charge in [0.25, 0.3) is 0 Å². The highest BCUT2D eigenvalue weighted by molar-refractivity contribution is 5.69. The van der Waals surface area contributed by atoms with Crippen molar-refractivity contribution < 1.29 is 23.8 Å². The molecule has 0 heterocycles. The summed E-state index contributed by atoms with van der Waals surface area (Å²) in [5.41, 5.74) is 0.256. The summed E-state index contributed by atoms with van der Waals surface area (Å²) in [5.74, 6) is -1.49. The maximum atomic E-state index is 13.8. The highest BCUT2D eigenvalue weighted by Gasteiger charge is 2.19. The summed E-state index contributed by atoms with van der Waals surface area (Å²) in [7, 11) is 0. The predicted octanol–water partition coefficient (Wildman–Crippen LogP) is 3.26. The maximum Gasteiger partial charge on any atom is 0.407 e. The van der Waals surface area contributed by atoms with Crippen LogP contribution >= 0.6 is 0 Å². The summed E-state index contributed by atoms with van der Waals surface area (Å²) in [6, 6.07) is 5.24. The number of hydrogen-bond acceptors (Lipinski definition) is 3. The molecule has 6 heteroatoms. The van der Waals surface area contributed by atoms with Gasteiger partial charge in [-0.2, -0.15) is 0 Å². The predicted molar refractivity (Wildman–Crippen MR) is 75.4 cm³/mol. The molecule has 0 aliphatic carbocycles. The van der Waals surface area contributed by atoms with Gasteiger partial charge in [0.05, 0.1) is 12.6 Å². The van der Waals surface area contributed by atoms with Crippen molar-refractivity contribution in [3.05, 3.63) is 35.6 Å². The van der Waals surface area contributed by atoms with E-state index in [0.717, 1.165) is 12.8 Å². The number of rotatable bonds is 8. The Bertz CT molecular complexity index is 478. The van der Waals surface area contributed by atoms with Gasteiger partial charge in [-0.15, -0.1) is 0 Å². The van der Waals surface area contributed by atoms with Gasteiger partial charge in [-0.3, -0.25) is 4.79 Å². The Morgan fingerprint density at radius 1 is 1.38 bits per heavy atom. The zero-order valence-corrected chi connectivity index (χ0v) is 12.0. The van der Waals surface area contributed by atoms with Gasteiger partial charge in [-0.25, -0.2) is 9.18 Å². The second kappa shape index (κ2) is 8.94. The third-order valence-corrected chi connectivity index (χ3v) is 2.95. The fourth-order valence-electron chi connectivity index (χ4n) is 1.82. The molecule has 116 valence electrons. The Balaban J connectivity index is 2.71. The summed E-state index contributed by atoms with van der Waals surface area (Å²) in [5, 5.41) is 11.3. The van der Waals surface area contributed by atoms with Crippen LogP contribution in [-0.2, 0) is 9.53 Å². The number of carbonyl (C=O) groups is 2. The molecule has 1 rings (SSSR count). The van der Waals surface area contributed by atoms with Crippen molar-refractivity contribution >= 4 is 12.1 Å². The highest BCUT2D eigenvalue weighted by Crippen LogP contribution is 2.21. The molecule has 5 nitrogen and oxygen atoms in total. The fourth-order valence-corrected chi connectivity index (χ4v) is 1.82. The van der Waals surface area contributed by atoms with E-state index < -0.39 is 23.9 Å². The molecule has 21 heavy (non-hydrogen) atoms. The molecule has 1 unspecified atom stereocenters. The van der Waals surface area contributed by atoms with Gasteiger partial charge in [0.2, 0.25) is 0 Å². The smallest absolute Gasteiger partial charge is 0.407 e. The highest BCUT2D eigenvalue weighted by atomic mass is 19.1. The van der Waals surface area contributed by atoms with E-state index in [2.05, 4.69) is 5.32 Å². The minimum absolute atomic E-state index is 0.0964. The summed E-state index contributed by atoms with van der Waals surface area (Å²) in [6.45, 7) is 2.25. The van der Waals surface area contributed by atoms with Crippen molar-refractivity contribution in [2.24, 2.45) is 0 Å². The minimum atomic E-state index is -1.00. The summed E-state index contributed by atoms with van der Waals surface area (Å²) < 4.78 is 18.7. The van der Waals surface area contributed by atoms with E-state index in [-0.39, 0.29) is 25.0 Å². The number of carbonyl (C=O) groups excluding carboxylic acids is 1. The SMILES string of the molecule is CCCCOC(=O)NC(CCC(=O)O)c1ccccc1F. The Hall–Kier alpha value is -2.11. The topological polar surface area (TPSA) is 75.6 Å². The number of alkyl carbamates (subject to hydrolysis) is 1. The van der Waals surface area contributed by atoms with E-state index in [0.29, 0.717) is 0 Å². The number of benzene rings is 1. The molecule has 0 radical (unpaired) electrons. The van der Waals surface area contributed by atoms with Crippen LogP contribution in [0.1, 0.15) is 44.2 Å². The van der Waals surface area contributed by atoms with E-state index in [9.17, 15) is 14.0 Å². The first-order chi connectivity index (χ1) is 10.0. The van der Waals surface area contributed by atoms with Crippen LogP contribution in [0.25, 0.3) is 0 Å². The normalized spacial score (nSPS) is 11.7. The van der Waals surface area contributed by atoms with Gasteiger partial charge >= 0.3 is 12.1 Å². The van der Waals surface area contributed by atoms with Gasteiger partial charge in [-0.05, 0) is 18.9 Å². The van der Waals surface area contributed by atoms with Crippen LogP contribution in [0.15, 0.2) is 24.3 Å². The van der Waals surface area contributed by atoms with Crippen molar-refractivity contribution in [1.29, 1.82) is 0 Å². The molecule has 0 aromatic heterocycles. The third kappa shape index (κ3) is 6.25. The second-order valence-electron chi connectivity index (χ2n) is 4.64. The molecule has 2 N–H and O–H groups in total. The van der Waals surface area contributed by atoms with Crippen LogP contribution in [0.3, 0.4) is 0 Å². The molecule has 1 aromatic carbocycles. The second-order valence-corrected chi connectivity index (χ2v) is 4.64. The van der Waals surface area contributed by atoms with Crippen LogP contribution in [0.4, 0.5) is 9.18 Å². The summed E-state index contributed by atoms with van der Waals surface area (Å²) >= 11 is 0. The number of carboxylic acid groups (broad SMARTS) is 1. The lowest BCUT2D eigenvalue weighted by atomic mass is 10.0. The molecule has 0 spiro atoms. The zero-order chi connectivity index (χ0) is 15.7. The quantitative estimate of drug-likeness (QED) is 0.722. The van der Waals surface area contributed by atoms with Gasteiger partial charge in [0.1, 0.15) is 5.82 Å². The number of nitrogens with one attached hydrogen (secondary N) is 1. The number of carboxylic acids is 1. The Morgan fingerprint density at radius 3 is 2.71 bits per heavy atom. The van der Waals surface area contributed by atoms with Gasteiger partial charge in [-0.1, -0.05) is 31.5 Å². The lowest BCUT2D eigenvalue weighted by molar-refractivity contribution is -0.137. The zero-order valence-electron chi connectivity index (χ0n) is 12.0. The van der Waals surface area contributed by atoms with Crippen LogP contribution in [0, 0.1) is 5.82 Å². The number of ether oxygens (including phenoxy) is 1. The molecular formula is C15H20FNO4. The molecule has 0 saturated heterocycles. The van der Waals surface area contributed by atoms with Crippen molar-refractivity contribution in [3.63, 3.8) is 0 Å². The van der Waals surface area contributed by atoms with Crippen molar-refractivity contribution in [2.45, 2.75) is 38.6 Å². The largest absolute Gasteiger partial charge is 0.481 e. The first-order valence-electron chi connectivity index (χ1n) is 6.94. The first kappa shape index (κ1) is 16.9. The molecule has 1 atom stereocenters. The van der Waals surface area contributed by atoms with Crippen molar-refractivity contribution in [3.8, 4) is 0 Å². The van der Waals surface area contributed by atoms with Crippen LogP contribution < -0.4 is 5.32 Å². The molecular weight excluding hydrogens is 277 g/mol. The number of amides is 1.